The molecule has 0 bridgehead atoms. The van der Waals surface area contributed by atoms with Crippen molar-refractivity contribution in [1.29, 1.82) is 0 Å². The van der Waals surface area contributed by atoms with Crippen LogP contribution in [-0.2, 0) is 11.3 Å². The lowest BCUT2D eigenvalue weighted by molar-refractivity contribution is -0.118. The van der Waals surface area contributed by atoms with Gasteiger partial charge in [-0.25, -0.2) is 4.68 Å². The van der Waals surface area contributed by atoms with Gasteiger partial charge in [0.25, 0.3) is 5.91 Å². The number of carbonyl (C=O) groups excluding carboxylic acids is 1. The van der Waals surface area contributed by atoms with Crippen molar-refractivity contribution in [1.82, 2.24) is 20.1 Å². The lowest BCUT2D eigenvalue weighted by Crippen LogP contribution is -2.35. The van der Waals surface area contributed by atoms with Gasteiger partial charge in [0.1, 0.15) is 12.4 Å². The van der Waals surface area contributed by atoms with E-state index in [0.29, 0.717) is 18.1 Å². The zero-order valence-electron chi connectivity index (χ0n) is 18.2. The van der Waals surface area contributed by atoms with Gasteiger partial charge in [-0.2, -0.15) is 10.1 Å². The van der Waals surface area contributed by atoms with Gasteiger partial charge in [-0.3, -0.25) is 4.79 Å². The molecule has 2 aromatic carbocycles. The van der Waals surface area contributed by atoms with Gasteiger partial charge in [-0.15, -0.1) is 0 Å². The van der Waals surface area contributed by atoms with Crippen LogP contribution in [0.1, 0.15) is 37.9 Å². The molecule has 1 aromatic heterocycles. The third kappa shape index (κ3) is 4.17. The second-order valence-corrected chi connectivity index (χ2v) is 7.53. The number of hydrogen-bond donors (Lipinski definition) is 2. The van der Waals surface area contributed by atoms with Gasteiger partial charge >= 0.3 is 0 Å². The van der Waals surface area contributed by atoms with Gasteiger partial charge < -0.3 is 15.5 Å². The normalized spacial score (nSPS) is 15.3. The van der Waals surface area contributed by atoms with Gasteiger partial charge in [0, 0.05) is 31.0 Å². The lowest BCUT2D eigenvalue weighted by Gasteiger charge is -2.29. The Kier molecular flexibility index (Phi) is 6.02. The van der Waals surface area contributed by atoms with Crippen molar-refractivity contribution < 1.29 is 4.79 Å². The van der Waals surface area contributed by atoms with E-state index in [1.165, 1.54) is 6.33 Å². The van der Waals surface area contributed by atoms with Crippen molar-refractivity contribution in [3.8, 4) is 0 Å². The minimum absolute atomic E-state index is 0.118. The molecule has 1 aliphatic rings. The molecule has 7 heteroatoms. The number of carbonyl (C=O) groups is 1. The number of rotatable bonds is 7. The average Bonchev–Trinajstić information content (AvgIpc) is 3.26. The molecule has 1 aliphatic heterocycles. The molecule has 31 heavy (non-hydrogen) atoms. The maximum Gasteiger partial charge on any atom is 0.251 e. The van der Waals surface area contributed by atoms with Crippen LogP contribution >= 0.6 is 0 Å². The number of hydrogen-bond acceptors (Lipinski definition) is 5. The van der Waals surface area contributed by atoms with E-state index < -0.39 is 0 Å². The SMILES string of the molecule is CCN(CC)c1ccc([C@H]2C(C(=O)NCc3ccccc3)=C(C)Nc3ncnn32)cc1. The summed E-state index contributed by atoms with van der Waals surface area (Å²) in [5.41, 5.74) is 4.64. The molecule has 0 radical (unpaired) electrons. The summed E-state index contributed by atoms with van der Waals surface area (Å²) in [5.74, 6) is 0.516. The molecule has 1 atom stereocenters. The molecule has 2 N–H and O–H groups in total. The highest BCUT2D eigenvalue weighted by molar-refractivity contribution is 5.96. The summed E-state index contributed by atoms with van der Waals surface area (Å²) in [5, 5.41) is 10.7. The first-order valence-electron chi connectivity index (χ1n) is 10.7. The summed E-state index contributed by atoms with van der Waals surface area (Å²) >= 11 is 0. The fraction of sp³-hybridized carbons (Fsp3) is 0.292. The molecule has 0 unspecified atom stereocenters. The molecule has 0 spiro atoms. The second kappa shape index (κ2) is 9.04. The minimum Gasteiger partial charge on any atom is -0.372 e. The minimum atomic E-state index is -0.347. The number of nitrogens with zero attached hydrogens (tertiary/aromatic N) is 4. The number of nitrogens with one attached hydrogen (secondary N) is 2. The Labute approximate surface area is 182 Å². The number of benzene rings is 2. The van der Waals surface area contributed by atoms with Crippen LogP contribution in [0.25, 0.3) is 0 Å². The maximum atomic E-state index is 13.3. The third-order valence-corrected chi connectivity index (χ3v) is 5.67. The molecule has 0 saturated carbocycles. The molecule has 160 valence electrons. The molecule has 0 saturated heterocycles. The van der Waals surface area contributed by atoms with Crippen molar-refractivity contribution in [2.24, 2.45) is 0 Å². The summed E-state index contributed by atoms with van der Waals surface area (Å²) in [6.45, 7) is 8.56. The van der Waals surface area contributed by atoms with E-state index in [4.69, 9.17) is 0 Å². The van der Waals surface area contributed by atoms with Crippen LogP contribution in [0.5, 0.6) is 0 Å². The zero-order valence-corrected chi connectivity index (χ0v) is 18.2. The maximum absolute atomic E-state index is 13.3. The van der Waals surface area contributed by atoms with E-state index >= 15 is 0 Å². The summed E-state index contributed by atoms with van der Waals surface area (Å²) in [7, 11) is 0. The average molecular weight is 417 g/mol. The zero-order chi connectivity index (χ0) is 21.8. The van der Waals surface area contributed by atoms with Crippen LogP contribution in [0.2, 0.25) is 0 Å². The number of fused-ring (bicyclic) bond motifs is 1. The highest BCUT2D eigenvalue weighted by Crippen LogP contribution is 2.35. The highest BCUT2D eigenvalue weighted by Gasteiger charge is 2.33. The van der Waals surface area contributed by atoms with Gasteiger partial charge in [0.15, 0.2) is 0 Å². The fourth-order valence-electron chi connectivity index (χ4n) is 4.02. The van der Waals surface area contributed by atoms with E-state index in [9.17, 15) is 4.79 Å². The Morgan fingerprint density at radius 3 is 2.48 bits per heavy atom. The van der Waals surface area contributed by atoms with Gasteiger partial charge in [-0.05, 0) is 44.0 Å². The van der Waals surface area contributed by atoms with Gasteiger partial charge in [-0.1, -0.05) is 42.5 Å². The third-order valence-electron chi connectivity index (χ3n) is 5.67. The predicted molar refractivity (Wildman–Crippen MR) is 123 cm³/mol. The Balaban J connectivity index is 1.65. The molecular formula is C24H28N6O. The van der Waals surface area contributed by atoms with Crippen LogP contribution in [-0.4, -0.2) is 33.8 Å². The predicted octanol–water partition coefficient (Wildman–Crippen LogP) is 3.73. The molecule has 1 amide bonds. The monoisotopic (exact) mass is 416 g/mol. The molecule has 7 nitrogen and oxygen atoms in total. The molecule has 2 heterocycles. The molecule has 3 aromatic rings. The van der Waals surface area contributed by atoms with Crippen molar-refractivity contribution in [3.63, 3.8) is 0 Å². The standard InChI is InChI=1S/C24H28N6O/c1-4-29(5-2)20-13-11-19(12-14-20)22-21(17(3)28-24-26-16-27-30(22)24)23(31)25-15-18-9-7-6-8-10-18/h6-14,16,22H,4-5,15H2,1-3H3,(H,25,31)(H,26,27,28)/t22-/m0/s1. The number of aromatic nitrogens is 3. The summed E-state index contributed by atoms with van der Waals surface area (Å²) < 4.78 is 1.77. The van der Waals surface area contributed by atoms with E-state index in [2.05, 4.69) is 63.7 Å². The number of anilines is 2. The summed E-state index contributed by atoms with van der Waals surface area (Å²) in [4.78, 5) is 19.9. The number of allylic oxidation sites excluding steroid dienone is 1. The Bertz CT molecular complexity index is 1070. The Hall–Kier alpha value is -3.61. The number of amides is 1. The van der Waals surface area contributed by atoms with Crippen molar-refractivity contribution >= 4 is 17.5 Å². The van der Waals surface area contributed by atoms with E-state index in [1.54, 1.807) is 4.68 Å². The lowest BCUT2D eigenvalue weighted by atomic mass is 9.94. The molecular weight excluding hydrogens is 388 g/mol. The first-order valence-corrected chi connectivity index (χ1v) is 10.7. The topological polar surface area (TPSA) is 75.1 Å². The summed E-state index contributed by atoms with van der Waals surface area (Å²) in [6.07, 6.45) is 1.51. The van der Waals surface area contributed by atoms with E-state index in [0.717, 1.165) is 35.6 Å². The van der Waals surface area contributed by atoms with Crippen LogP contribution < -0.4 is 15.5 Å². The Morgan fingerprint density at radius 1 is 1.10 bits per heavy atom. The summed E-state index contributed by atoms with van der Waals surface area (Å²) in [6, 6.07) is 17.9. The largest absolute Gasteiger partial charge is 0.372 e. The van der Waals surface area contributed by atoms with Crippen LogP contribution in [0.15, 0.2) is 72.2 Å². The van der Waals surface area contributed by atoms with Crippen LogP contribution in [0.4, 0.5) is 11.6 Å². The van der Waals surface area contributed by atoms with E-state index in [1.807, 2.05) is 37.3 Å². The van der Waals surface area contributed by atoms with Gasteiger partial charge in [0.2, 0.25) is 5.95 Å². The quantitative estimate of drug-likeness (QED) is 0.614. The van der Waals surface area contributed by atoms with E-state index in [-0.39, 0.29) is 11.9 Å². The molecule has 0 fully saturated rings. The molecule has 0 aliphatic carbocycles. The van der Waals surface area contributed by atoms with Crippen LogP contribution in [0.3, 0.4) is 0 Å². The van der Waals surface area contributed by atoms with Crippen molar-refractivity contribution in [2.45, 2.75) is 33.4 Å². The van der Waals surface area contributed by atoms with Crippen molar-refractivity contribution in [3.05, 3.63) is 83.3 Å². The first-order chi connectivity index (χ1) is 15.1. The fourth-order valence-corrected chi connectivity index (χ4v) is 4.02. The van der Waals surface area contributed by atoms with Gasteiger partial charge in [0.05, 0.1) is 5.57 Å². The molecule has 4 rings (SSSR count). The Morgan fingerprint density at radius 2 is 1.81 bits per heavy atom. The smallest absolute Gasteiger partial charge is 0.251 e. The highest BCUT2D eigenvalue weighted by atomic mass is 16.1. The van der Waals surface area contributed by atoms with Crippen molar-refractivity contribution in [2.75, 3.05) is 23.3 Å². The second-order valence-electron chi connectivity index (χ2n) is 7.53. The first kappa shape index (κ1) is 20.7. The van der Waals surface area contributed by atoms with Crippen LogP contribution in [0, 0.1) is 0 Å².